The average molecular weight is 262 g/mol. The molecular formula is C12H14N4OS. The van der Waals surface area contributed by atoms with Gasteiger partial charge in [-0.25, -0.2) is 0 Å². The van der Waals surface area contributed by atoms with Crippen molar-refractivity contribution in [1.29, 1.82) is 0 Å². The molecule has 1 N–H and O–H groups in total. The lowest BCUT2D eigenvalue weighted by Gasteiger charge is -2.15. The molecule has 0 atom stereocenters. The summed E-state index contributed by atoms with van der Waals surface area (Å²) in [6, 6.07) is 7.77. The van der Waals surface area contributed by atoms with Gasteiger partial charge in [0.15, 0.2) is 0 Å². The van der Waals surface area contributed by atoms with Gasteiger partial charge < -0.3 is 10.2 Å². The Morgan fingerprint density at radius 3 is 2.78 bits per heavy atom. The molecule has 6 heteroatoms. The van der Waals surface area contributed by atoms with E-state index in [1.807, 2.05) is 31.2 Å². The van der Waals surface area contributed by atoms with Gasteiger partial charge in [-0.1, -0.05) is 23.5 Å². The second kappa shape index (κ2) is 5.14. The monoisotopic (exact) mass is 262 g/mol. The molecule has 0 radical (unpaired) electrons. The highest BCUT2D eigenvalue weighted by Crippen LogP contribution is 2.20. The van der Waals surface area contributed by atoms with Crippen LogP contribution in [0.1, 0.15) is 15.4 Å². The predicted octanol–water partition coefficient (Wildman–Crippen LogP) is 2.16. The zero-order valence-electron chi connectivity index (χ0n) is 10.5. The van der Waals surface area contributed by atoms with Crippen molar-refractivity contribution in [3.05, 3.63) is 34.8 Å². The number of aromatic nitrogens is 2. The molecule has 0 unspecified atom stereocenters. The second-order valence-corrected chi connectivity index (χ2v) is 4.84. The van der Waals surface area contributed by atoms with Crippen LogP contribution in [0.4, 0.5) is 10.8 Å². The molecule has 0 saturated carbocycles. The third-order valence-corrected chi connectivity index (χ3v) is 3.44. The third-order valence-electron chi connectivity index (χ3n) is 2.52. The van der Waals surface area contributed by atoms with Crippen LogP contribution < -0.4 is 10.2 Å². The molecule has 18 heavy (non-hydrogen) atoms. The number of anilines is 2. The predicted molar refractivity (Wildman–Crippen MR) is 73.4 cm³/mol. The lowest BCUT2D eigenvalue weighted by molar-refractivity contribution is 0.0992. The summed E-state index contributed by atoms with van der Waals surface area (Å²) in [6.07, 6.45) is 0. The highest BCUT2D eigenvalue weighted by Gasteiger charge is 2.18. The van der Waals surface area contributed by atoms with Crippen molar-refractivity contribution in [2.24, 2.45) is 0 Å². The van der Waals surface area contributed by atoms with Gasteiger partial charge in [-0.2, -0.15) is 0 Å². The number of benzene rings is 1. The van der Waals surface area contributed by atoms with E-state index in [0.717, 1.165) is 11.3 Å². The number of amides is 1. The number of aryl methyl sites for hydroxylation is 1. The first kappa shape index (κ1) is 12.5. The summed E-state index contributed by atoms with van der Waals surface area (Å²) >= 11 is 1.24. The lowest BCUT2D eigenvalue weighted by atomic mass is 10.2. The molecule has 0 bridgehead atoms. The molecule has 0 saturated heterocycles. The van der Waals surface area contributed by atoms with Gasteiger partial charge in [0.05, 0.1) is 0 Å². The Morgan fingerprint density at radius 2 is 2.17 bits per heavy atom. The van der Waals surface area contributed by atoms with Crippen molar-refractivity contribution in [2.45, 2.75) is 6.92 Å². The topological polar surface area (TPSA) is 58.1 Å². The normalized spacial score (nSPS) is 10.2. The van der Waals surface area contributed by atoms with Crippen molar-refractivity contribution < 1.29 is 4.79 Å². The van der Waals surface area contributed by atoms with Crippen LogP contribution in [0, 0.1) is 6.92 Å². The van der Waals surface area contributed by atoms with E-state index in [4.69, 9.17) is 0 Å². The highest BCUT2D eigenvalue weighted by molar-refractivity contribution is 7.17. The van der Waals surface area contributed by atoms with Crippen LogP contribution in [0.25, 0.3) is 0 Å². The minimum atomic E-state index is -0.153. The van der Waals surface area contributed by atoms with E-state index in [-0.39, 0.29) is 5.91 Å². The molecule has 0 aliphatic heterocycles. The van der Waals surface area contributed by atoms with Gasteiger partial charge in [0, 0.05) is 19.8 Å². The van der Waals surface area contributed by atoms with Gasteiger partial charge >= 0.3 is 0 Å². The fourth-order valence-electron chi connectivity index (χ4n) is 1.51. The molecule has 5 nitrogen and oxygen atoms in total. The maximum atomic E-state index is 12.2. The zero-order chi connectivity index (χ0) is 13.1. The molecule has 1 aromatic carbocycles. The van der Waals surface area contributed by atoms with Crippen LogP contribution in [-0.4, -0.2) is 30.2 Å². The number of carbonyl (C=O) groups excluding carboxylic acids is 1. The summed E-state index contributed by atoms with van der Waals surface area (Å²) in [5, 5.41) is 11.6. The van der Waals surface area contributed by atoms with Crippen LogP contribution in [0.15, 0.2) is 24.3 Å². The van der Waals surface area contributed by atoms with Crippen molar-refractivity contribution in [2.75, 3.05) is 24.3 Å². The van der Waals surface area contributed by atoms with E-state index >= 15 is 0 Å². The van der Waals surface area contributed by atoms with Crippen molar-refractivity contribution in [3.8, 4) is 0 Å². The Balaban J connectivity index is 2.23. The molecule has 2 rings (SSSR count). The van der Waals surface area contributed by atoms with Crippen LogP contribution in [0.2, 0.25) is 0 Å². The number of nitrogens with zero attached hydrogens (tertiary/aromatic N) is 3. The first-order chi connectivity index (χ1) is 8.61. The summed E-state index contributed by atoms with van der Waals surface area (Å²) in [5.41, 5.74) is 1.96. The van der Waals surface area contributed by atoms with Crippen LogP contribution >= 0.6 is 11.3 Å². The van der Waals surface area contributed by atoms with Crippen molar-refractivity contribution >= 4 is 28.1 Å². The quantitative estimate of drug-likeness (QED) is 0.921. The van der Waals surface area contributed by atoms with Gasteiger partial charge in [0.2, 0.25) is 10.1 Å². The number of hydrogen-bond donors (Lipinski definition) is 1. The zero-order valence-corrected chi connectivity index (χ0v) is 11.3. The van der Waals surface area contributed by atoms with Gasteiger partial charge in [0.1, 0.15) is 0 Å². The van der Waals surface area contributed by atoms with Crippen LogP contribution in [0.3, 0.4) is 0 Å². The Morgan fingerprint density at radius 1 is 1.39 bits per heavy atom. The smallest absolute Gasteiger partial charge is 0.289 e. The number of hydrogen-bond acceptors (Lipinski definition) is 5. The maximum absolute atomic E-state index is 12.2. The number of rotatable bonds is 3. The van der Waals surface area contributed by atoms with Gasteiger partial charge in [-0.05, 0) is 24.6 Å². The molecule has 0 aliphatic rings. The summed E-state index contributed by atoms with van der Waals surface area (Å²) < 4.78 is 0. The Labute approximate surface area is 109 Å². The van der Waals surface area contributed by atoms with Crippen LogP contribution in [-0.2, 0) is 0 Å². The first-order valence-corrected chi connectivity index (χ1v) is 6.29. The fraction of sp³-hybridized carbons (Fsp3) is 0.250. The van der Waals surface area contributed by atoms with Crippen LogP contribution in [0.5, 0.6) is 0 Å². The van der Waals surface area contributed by atoms with E-state index in [0.29, 0.717) is 10.1 Å². The summed E-state index contributed by atoms with van der Waals surface area (Å²) in [6.45, 7) is 1.99. The Kier molecular flexibility index (Phi) is 3.57. The maximum Gasteiger partial charge on any atom is 0.289 e. The molecule has 94 valence electrons. The number of nitrogens with one attached hydrogen (secondary N) is 1. The molecule has 0 spiro atoms. The van der Waals surface area contributed by atoms with E-state index in [1.54, 1.807) is 19.0 Å². The Bertz CT molecular complexity index is 567. The van der Waals surface area contributed by atoms with E-state index in [9.17, 15) is 4.79 Å². The standard InChI is InChI=1S/C12H14N4OS/c1-8-5-4-6-9(7-8)16(3)11(17)10-14-15-12(13-2)18-10/h4-7H,1-3H3,(H,13,15). The summed E-state index contributed by atoms with van der Waals surface area (Å²) in [4.78, 5) is 13.8. The second-order valence-electron chi connectivity index (χ2n) is 3.87. The van der Waals surface area contributed by atoms with Gasteiger partial charge in [-0.15, -0.1) is 10.2 Å². The molecule has 0 aliphatic carbocycles. The molecule has 0 fully saturated rings. The van der Waals surface area contributed by atoms with E-state index in [2.05, 4.69) is 15.5 Å². The third kappa shape index (κ3) is 2.48. The fourth-order valence-corrected chi connectivity index (χ4v) is 2.18. The SMILES string of the molecule is CNc1nnc(C(=O)N(C)c2cccc(C)c2)s1. The van der Waals surface area contributed by atoms with Gasteiger partial charge in [-0.3, -0.25) is 4.79 Å². The van der Waals surface area contributed by atoms with E-state index < -0.39 is 0 Å². The van der Waals surface area contributed by atoms with Crippen molar-refractivity contribution in [3.63, 3.8) is 0 Å². The van der Waals surface area contributed by atoms with E-state index in [1.165, 1.54) is 11.3 Å². The number of carbonyl (C=O) groups is 1. The largest absolute Gasteiger partial charge is 0.363 e. The Hall–Kier alpha value is -1.95. The van der Waals surface area contributed by atoms with Crippen molar-refractivity contribution in [1.82, 2.24) is 10.2 Å². The highest BCUT2D eigenvalue weighted by atomic mass is 32.1. The summed E-state index contributed by atoms with van der Waals surface area (Å²) in [5.74, 6) is -0.153. The summed E-state index contributed by atoms with van der Waals surface area (Å²) in [7, 11) is 3.48. The molecule has 2 aromatic rings. The first-order valence-electron chi connectivity index (χ1n) is 5.48. The minimum Gasteiger partial charge on any atom is -0.363 e. The minimum absolute atomic E-state index is 0.153. The van der Waals surface area contributed by atoms with Gasteiger partial charge in [0.25, 0.3) is 5.91 Å². The molecular weight excluding hydrogens is 248 g/mol. The molecule has 1 amide bonds. The molecule has 1 heterocycles. The average Bonchev–Trinajstić information content (AvgIpc) is 2.85. The molecule has 1 aromatic heterocycles. The lowest BCUT2D eigenvalue weighted by Crippen LogP contribution is -2.26.